The topological polar surface area (TPSA) is 45.2 Å². The van der Waals surface area contributed by atoms with E-state index in [4.69, 9.17) is 23.2 Å². The van der Waals surface area contributed by atoms with E-state index in [2.05, 4.69) is 34.6 Å². The lowest BCUT2D eigenvalue weighted by Gasteiger charge is -2.37. The first-order valence-corrected chi connectivity index (χ1v) is 13.5. The van der Waals surface area contributed by atoms with Crippen LogP contribution >= 0.6 is 34.5 Å². The molecule has 5 rings (SSSR count). The zero-order valence-corrected chi connectivity index (χ0v) is 21.8. The zero-order chi connectivity index (χ0) is 24.4. The van der Waals surface area contributed by atoms with Crippen molar-refractivity contribution in [1.29, 1.82) is 0 Å². The number of hydrogen-bond donors (Lipinski definition) is 1. The van der Waals surface area contributed by atoms with Crippen molar-refractivity contribution in [3.8, 4) is 11.1 Å². The van der Waals surface area contributed by atoms with Gasteiger partial charge in [0.15, 0.2) is 0 Å². The van der Waals surface area contributed by atoms with Crippen molar-refractivity contribution in [2.75, 3.05) is 7.05 Å². The Morgan fingerprint density at radius 2 is 1.80 bits per heavy atom. The standard InChI is InChI=1S/C28H27Cl2N3OS/c1-31-22-6-8-23(9-7-22)33(17-18-3-2-4-20(15-18)19-11-13-32-14-12-19)28(34)27-26(30)24-10-5-21(29)16-25(24)35-27/h2-5,10-16,22-23,31H,6-9,17H2,1H3. The van der Waals surface area contributed by atoms with Crippen LogP contribution in [0.5, 0.6) is 0 Å². The predicted molar refractivity (Wildman–Crippen MR) is 146 cm³/mol. The lowest BCUT2D eigenvalue weighted by atomic mass is 9.89. The monoisotopic (exact) mass is 523 g/mol. The SMILES string of the molecule is CNC1CCC(N(Cc2cccc(-c3ccncc3)c2)C(=O)c2sc3cc(Cl)ccc3c2Cl)CC1. The second-order valence-electron chi connectivity index (χ2n) is 9.05. The average molecular weight is 525 g/mol. The number of amides is 1. The van der Waals surface area contributed by atoms with Crippen LogP contribution in [-0.4, -0.2) is 34.9 Å². The second-order valence-corrected chi connectivity index (χ2v) is 10.9. The first-order chi connectivity index (χ1) is 17.0. The molecule has 0 aliphatic heterocycles. The van der Waals surface area contributed by atoms with Crippen LogP contribution in [0.15, 0.2) is 67.0 Å². The Labute approximate surface area is 219 Å². The third kappa shape index (κ3) is 5.24. The van der Waals surface area contributed by atoms with Crippen molar-refractivity contribution in [2.24, 2.45) is 0 Å². The van der Waals surface area contributed by atoms with Gasteiger partial charge in [-0.15, -0.1) is 11.3 Å². The van der Waals surface area contributed by atoms with Crippen LogP contribution in [0.2, 0.25) is 10.0 Å². The fourth-order valence-corrected chi connectivity index (χ4v) is 6.68. The third-order valence-electron chi connectivity index (χ3n) is 6.89. The minimum Gasteiger partial charge on any atom is -0.331 e. The van der Waals surface area contributed by atoms with Gasteiger partial charge in [-0.05, 0) is 79.8 Å². The molecule has 180 valence electrons. The van der Waals surface area contributed by atoms with E-state index in [-0.39, 0.29) is 11.9 Å². The highest BCUT2D eigenvalue weighted by Crippen LogP contribution is 2.39. The summed E-state index contributed by atoms with van der Waals surface area (Å²) in [5, 5.41) is 5.43. The Balaban J connectivity index is 1.48. The zero-order valence-electron chi connectivity index (χ0n) is 19.5. The Morgan fingerprint density at radius 3 is 2.54 bits per heavy atom. The summed E-state index contributed by atoms with van der Waals surface area (Å²) in [5.41, 5.74) is 3.33. The molecule has 0 bridgehead atoms. The molecule has 0 radical (unpaired) electrons. The molecular weight excluding hydrogens is 497 g/mol. The van der Waals surface area contributed by atoms with Crippen LogP contribution in [0.3, 0.4) is 0 Å². The maximum absolute atomic E-state index is 14.0. The number of hydrogen-bond acceptors (Lipinski definition) is 4. The highest BCUT2D eigenvalue weighted by Gasteiger charge is 2.31. The average Bonchev–Trinajstić information content (AvgIpc) is 3.23. The summed E-state index contributed by atoms with van der Waals surface area (Å²) in [6.07, 6.45) is 7.64. The Morgan fingerprint density at radius 1 is 1.03 bits per heavy atom. The molecule has 1 N–H and O–H groups in total. The number of rotatable bonds is 6. The molecule has 2 heterocycles. The molecule has 2 aromatic heterocycles. The van der Waals surface area contributed by atoms with Crippen molar-refractivity contribution < 1.29 is 4.79 Å². The first kappa shape index (κ1) is 24.3. The fourth-order valence-electron chi connectivity index (χ4n) is 4.94. The molecule has 4 aromatic rings. The third-order valence-corrected chi connectivity index (χ3v) is 8.77. The van der Waals surface area contributed by atoms with E-state index < -0.39 is 0 Å². The summed E-state index contributed by atoms with van der Waals surface area (Å²) < 4.78 is 0.935. The molecule has 1 fully saturated rings. The number of carbonyl (C=O) groups excluding carboxylic acids is 1. The maximum atomic E-state index is 14.0. The molecular formula is C28H27Cl2N3OS. The van der Waals surface area contributed by atoms with Gasteiger partial charge in [-0.25, -0.2) is 0 Å². The van der Waals surface area contributed by atoms with Crippen LogP contribution in [-0.2, 0) is 6.54 Å². The van der Waals surface area contributed by atoms with Gasteiger partial charge in [0.2, 0.25) is 0 Å². The van der Waals surface area contributed by atoms with Crippen molar-refractivity contribution in [3.05, 3.63) is 87.5 Å². The number of halogens is 2. The predicted octanol–water partition coefficient (Wildman–Crippen LogP) is 7.44. The van der Waals surface area contributed by atoms with Crippen molar-refractivity contribution in [1.82, 2.24) is 15.2 Å². The van der Waals surface area contributed by atoms with E-state index >= 15 is 0 Å². The Hall–Kier alpha value is -2.44. The molecule has 1 aliphatic carbocycles. The van der Waals surface area contributed by atoms with Gasteiger partial charge in [0, 0.05) is 46.1 Å². The number of aromatic nitrogens is 1. The summed E-state index contributed by atoms with van der Waals surface area (Å²) >= 11 is 14.4. The summed E-state index contributed by atoms with van der Waals surface area (Å²) in [6.45, 7) is 0.540. The van der Waals surface area contributed by atoms with Crippen LogP contribution in [0.1, 0.15) is 40.9 Å². The van der Waals surface area contributed by atoms with Gasteiger partial charge in [-0.2, -0.15) is 0 Å². The number of fused-ring (bicyclic) bond motifs is 1. The van der Waals surface area contributed by atoms with E-state index in [0.29, 0.717) is 27.5 Å². The maximum Gasteiger partial charge on any atom is 0.266 e. The van der Waals surface area contributed by atoms with Gasteiger partial charge in [-0.1, -0.05) is 47.5 Å². The smallest absolute Gasteiger partial charge is 0.266 e. The Kier molecular flexibility index (Phi) is 7.40. The van der Waals surface area contributed by atoms with Crippen LogP contribution in [0.25, 0.3) is 21.2 Å². The van der Waals surface area contributed by atoms with E-state index in [1.54, 1.807) is 12.4 Å². The molecule has 0 unspecified atom stereocenters. The van der Waals surface area contributed by atoms with Gasteiger partial charge in [0.25, 0.3) is 5.91 Å². The largest absolute Gasteiger partial charge is 0.331 e. The summed E-state index contributed by atoms with van der Waals surface area (Å²) in [5.74, 6) is -0.00505. The van der Waals surface area contributed by atoms with Crippen molar-refractivity contribution in [2.45, 2.75) is 44.3 Å². The molecule has 35 heavy (non-hydrogen) atoms. The number of thiophene rings is 1. The summed E-state index contributed by atoms with van der Waals surface area (Å²) in [6, 6.07) is 18.7. The highest BCUT2D eigenvalue weighted by molar-refractivity contribution is 7.21. The van der Waals surface area contributed by atoms with Gasteiger partial charge in [0.1, 0.15) is 4.88 Å². The minimum atomic E-state index is -0.00505. The fraction of sp³-hybridized carbons (Fsp3) is 0.286. The number of carbonyl (C=O) groups is 1. The first-order valence-electron chi connectivity index (χ1n) is 11.9. The molecule has 7 heteroatoms. The molecule has 1 amide bonds. The van der Waals surface area contributed by atoms with E-state index in [0.717, 1.165) is 52.5 Å². The quantitative estimate of drug-likeness (QED) is 0.285. The molecule has 0 atom stereocenters. The van der Waals surface area contributed by atoms with Crippen LogP contribution < -0.4 is 5.32 Å². The minimum absolute atomic E-state index is 0.00505. The van der Waals surface area contributed by atoms with Gasteiger partial charge >= 0.3 is 0 Å². The molecule has 1 aliphatic rings. The van der Waals surface area contributed by atoms with Crippen molar-refractivity contribution >= 4 is 50.5 Å². The lowest BCUT2D eigenvalue weighted by Crippen LogP contribution is -2.44. The molecule has 2 aromatic carbocycles. The number of pyridine rings is 1. The number of nitrogens with zero attached hydrogens (tertiary/aromatic N) is 2. The van der Waals surface area contributed by atoms with Crippen LogP contribution in [0.4, 0.5) is 0 Å². The van der Waals surface area contributed by atoms with Crippen LogP contribution in [0, 0.1) is 0 Å². The van der Waals surface area contributed by atoms with Gasteiger partial charge in [-0.3, -0.25) is 9.78 Å². The summed E-state index contributed by atoms with van der Waals surface area (Å²) in [7, 11) is 2.01. The van der Waals surface area contributed by atoms with Crippen molar-refractivity contribution in [3.63, 3.8) is 0 Å². The lowest BCUT2D eigenvalue weighted by molar-refractivity contribution is 0.0606. The summed E-state index contributed by atoms with van der Waals surface area (Å²) in [4.78, 5) is 20.8. The normalized spacial score (nSPS) is 18.0. The van der Waals surface area contributed by atoms with E-state index in [9.17, 15) is 4.79 Å². The molecule has 1 saturated carbocycles. The molecule has 4 nitrogen and oxygen atoms in total. The van der Waals surface area contributed by atoms with Gasteiger partial charge in [0.05, 0.1) is 5.02 Å². The van der Waals surface area contributed by atoms with Gasteiger partial charge < -0.3 is 10.2 Å². The highest BCUT2D eigenvalue weighted by atomic mass is 35.5. The Bertz CT molecular complexity index is 1330. The number of benzene rings is 2. The number of nitrogens with one attached hydrogen (secondary N) is 1. The van der Waals surface area contributed by atoms with E-state index in [1.165, 1.54) is 11.3 Å². The van der Waals surface area contributed by atoms with E-state index in [1.807, 2.05) is 42.3 Å². The molecule has 0 saturated heterocycles. The second kappa shape index (κ2) is 10.7. The molecule has 0 spiro atoms.